The lowest BCUT2D eigenvalue weighted by Crippen LogP contribution is -2.16. The van der Waals surface area contributed by atoms with Crippen molar-refractivity contribution < 1.29 is 4.79 Å². The Morgan fingerprint density at radius 2 is 2.53 bits per heavy atom. The van der Waals surface area contributed by atoms with Gasteiger partial charge in [-0.25, -0.2) is 4.98 Å². The summed E-state index contributed by atoms with van der Waals surface area (Å²) in [6.07, 6.45) is 7.15. The van der Waals surface area contributed by atoms with E-state index in [1.807, 2.05) is 6.20 Å². The summed E-state index contributed by atoms with van der Waals surface area (Å²) in [5.74, 6) is 1.78. The molecule has 0 saturated carbocycles. The summed E-state index contributed by atoms with van der Waals surface area (Å²) in [4.78, 5) is 16.2. The van der Waals surface area contributed by atoms with E-state index in [1.165, 1.54) is 0 Å². The SMILES string of the molecule is CCCn1ccnc1CC(=O)CC1CCNC1. The third-order valence-electron chi connectivity index (χ3n) is 3.30. The Balaban J connectivity index is 1.86. The maximum absolute atomic E-state index is 11.9. The van der Waals surface area contributed by atoms with Gasteiger partial charge in [0.25, 0.3) is 0 Å². The standard InChI is InChI=1S/C13H21N3O/c1-2-6-16-7-5-15-13(16)9-12(17)8-11-3-4-14-10-11/h5,7,11,14H,2-4,6,8-10H2,1H3. The van der Waals surface area contributed by atoms with Crippen molar-refractivity contribution in [2.24, 2.45) is 5.92 Å². The minimum absolute atomic E-state index is 0.322. The van der Waals surface area contributed by atoms with Crippen LogP contribution < -0.4 is 5.32 Å². The number of ketones is 1. The molecule has 1 aromatic heterocycles. The van der Waals surface area contributed by atoms with Gasteiger partial charge in [-0.3, -0.25) is 4.79 Å². The first kappa shape index (κ1) is 12.3. The number of hydrogen-bond acceptors (Lipinski definition) is 3. The van der Waals surface area contributed by atoms with Crippen LogP contribution in [0.5, 0.6) is 0 Å². The Hall–Kier alpha value is -1.16. The molecule has 0 spiro atoms. The third kappa shape index (κ3) is 3.40. The molecule has 1 unspecified atom stereocenters. The smallest absolute Gasteiger partial charge is 0.140 e. The van der Waals surface area contributed by atoms with E-state index >= 15 is 0 Å². The van der Waals surface area contributed by atoms with Gasteiger partial charge >= 0.3 is 0 Å². The first-order valence-electron chi connectivity index (χ1n) is 6.52. The normalized spacial score (nSPS) is 19.7. The van der Waals surface area contributed by atoms with E-state index in [2.05, 4.69) is 21.8 Å². The highest BCUT2D eigenvalue weighted by atomic mass is 16.1. The minimum atomic E-state index is 0.322. The topological polar surface area (TPSA) is 46.9 Å². The molecule has 1 N–H and O–H groups in total. The number of hydrogen-bond donors (Lipinski definition) is 1. The largest absolute Gasteiger partial charge is 0.335 e. The van der Waals surface area contributed by atoms with Crippen LogP contribution in [0, 0.1) is 5.92 Å². The Morgan fingerprint density at radius 3 is 3.24 bits per heavy atom. The molecule has 2 heterocycles. The number of nitrogens with one attached hydrogen (secondary N) is 1. The molecule has 1 saturated heterocycles. The zero-order valence-electron chi connectivity index (χ0n) is 10.5. The molecule has 1 aromatic rings. The van der Waals surface area contributed by atoms with Crippen molar-refractivity contribution in [2.45, 2.75) is 39.2 Å². The molecule has 0 aliphatic carbocycles. The van der Waals surface area contributed by atoms with E-state index in [-0.39, 0.29) is 0 Å². The molecule has 4 heteroatoms. The van der Waals surface area contributed by atoms with Gasteiger partial charge in [-0.2, -0.15) is 0 Å². The van der Waals surface area contributed by atoms with Crippen LogP contribution in [0.2, 0.25) is 0 Å². The zero-order chi connectivity index (χ0) is 12.1. The second-order valence-electron chi connectivity index (χ2n) is 4.82. The van der Waals surface area contributed by atoms with Crippen molar-refractivity contribution in [1.82, 2.24) is 14.9 Å². The second-order valence-corrected chi connectivity index (χ2v) is 4.82. The van der Waals surface area contributed by atoms with E-state index in [0.717, 1.165) is 38.3 Å². The Labute approximate surface area is 102 Å². The zero-order valence-corrected chi connectivity index (χ0v) is 10.5. The number of aromatic nitrogens is 2. The van der Waals surface area contributed by atoms with Gasteiger partial charge in [-0.15, -0.1) is 0 Å². The van der Waals surface area contributed by atoms with Crippen molar-refractivity contribution in [3.63, 3.8) is 0 Å². The van der Waals surface area contributed by atoms with Crippen LogP contribution in [-0.4, -0.2) is 28.4 Å². The van der Waals surface area contributed by atoms with Crippen LogP contribution in [0.1, 0.15) is 32.0 Å². The number of rotatable bonds is 6. The molecule has 0 amide bonds. The molecule has 1 aliphatic rings. The predicted octanol–water partition coefficient (Wildman–Crippen LogP) is 1.40. The summed E-state index contributed by atoms with van der Waals surface area (Å²) >= 11 is 0. The highest BCUT2D eigenvalue weighted by Gasteiger charge is 2.19. The summed E-state index contributed by atoms with van der Waals surface area (Å²) in [7, 11) is 0. The monoisotopic (exact) mass is 235 g/mol. The van der Waals surface area contributed by atoms with Gasteiger partial charge < -0.3 is 9.88 Å². The number of nitrogens with zero attached hydrogens (tertiary/aromatic N) is 2. The third-order valence-corrected chi connectivity index (χ3v) is 3.30. The van der Waals surface area contributed by atoms with Crippen LogP contribution in [-0.2, 0) is 17.8 Å². The number of Topliss-reactive ketones (excluding diaryl/α,β-unsaturated/α-hetero) is 1. The van der Waals surface area contributed by atoms with Gasteiger partial charge in [-0.05, 0) is 31.8 Å². The van der Waals surface area contributed by atoms with Crippen molar-refractivity contribution in [3.8, 4) is 0 Å². The van der Waals surface area contributed by atoms with E-state index in [4.69, 9.17) is 0 Å². The van der Waals surface area contributed by atoms with E-state index in [9.17, 15) is 4.79 Å². The lowest BCUT2D eigenvalue weighted by Gasteiger charge is -2.08. The second kappa shape index (κ2) is 5.96. The van der Waals surface area contributed by atoms with Crippen molar-refractivity contribution in [3.05, 3.63) is 18.2 Å². The molecular weight excluding hydrogens is 214 g/mol. The van der Waals surface area contributed by atoms with Gasteiger partial charge in [0.15, 0.2) is 0 Å². The van der Waals surface area contributed by atoms with Gasteiger partial charge in [0.2, 0.25) is 0 Å². The van der Waals surface area contributed by atoms with Gasteiger partial charge in [0.1, 0.15) is 11.6 Å². The lowest BCUT2D eigenvalue weighted by atomic mass is 10.0. The predicted molar refractivity (Wildman–Crippen MR) is 66.8 cm³/mol. The Bertz CT molecular complexity index is 366. The van der Waals surface area contributed by atoms with Gasteiger partial charge in [-0.1, -0.05) is 6.92 Å². The van der Waals surface area contributed by atoms with Crippen molar-refractivity contribution >= 4 is 5.78 Å². The molecule has 1 fully saturated rings. The molecule has 0 aromatic carbocycles. The quantitative estimate of drug-likeness (QED) is 0.811. The summed E-state index contributed by atoms with van der Waals surface area (Å²) in [5, 5.41) is 3.30. The molecule has 4 nitrogen and oxygen atoms in total. The van der Waals surface area contributed by atoms with Crippen molar-refractivity contribution in [2.75, 3.05) is 13.1 Å². The van der Waals surface area contributed by atoms with E-state index in [1.54, 1.807) is 6.20 Å². The number of imidazole rings is 1. The summed E-state index contributed by atoms with van der Waals surface area (Å²) < 4.78 is 2.09. The molecule has 94 valence electrons. The van der Waals surface area contributed by atoms with Crippen LogP contribution in [0.3, 0.4) is 0 Å². The Kier molecular flexibility index (Phi) is 4.31. The molecular formula is C13H21N3O. The maximum atomic E-state index is 11.9. The lowest BCUT2D eigenvalue weighted by molar-refractivity contribution is -0.119. The minimum Gasteiger partial charge on any atom is -0.335 e. The molecule has 1 aliphatic heterocycles. The van der Waals surface area contributed by atoms with Crippen LogP contribution >= 0.6 is 0 Å². The average molecular weight is 235 g/mol. The summed E-state index contributed by atoms with van der Waals surface area (Å²) in [5.41, 5.74) is 0. The average Bonchev–Trinajstić information content (AvgIpc) is 2.92. The Morgan fingerprint density at radius 1 is 1.65 bits per heavy atom. The van der Waals surface area contributed by atoms with Crippen LogP contribution in [0.25, 0.3) is 0 Å². The highest BCUT2D eigenvalue weighted by molar-refractivity contribution is 5.80. The maximum Gasteiger partial charge on any atom is 0.140 e. The number of aryl methyl sites for hydroxylation is 1. The van der Waals surface area contributed by atoms with E-state index in [0.29, 0.717) is 24.5 Å². The summed E-state index contributed by atoms with van der Waals surface area (Å²) in [6, 6.07) is 0. The molecule has 0 radical (unpaired) electrons. The first-order chi connectivity index (χ1) is 8.29. The number of carbonyl (C=O) groups excluding carboxylic acids is 1. The fourth-order valence-electron chi connectivity index (χ4n) is 2.41. The number of carbonyl (C=O) groups is 1. The van der Waals surface area contributed by atoms with Crippen LogP contribution in [0.15, 0.2) is 12.4 Å². The molecule has 0 bridgehead atoms. The molecule has 2 rings (SSSR count). The van der Waals surface area contributed by atoms with Crippen molar-refractivity contribution in [1.29, 1.82) is 0 Å². The molecule has 1 atom stereocenters. The van der Waals surface area contributed by atoms with E-state index < -0.39 is 0 Å². The van der Waals surface area contributed by atoms with Gasteiger partial charge in [0.05, 0.1) is 6.42 Å². The van der Waals surface area contributed by atoms with Crippen LogP contribution in [0.4, 0.5) is 0 Å². The molecule has 17 heavy (non-hydrogen) atoms. The fraction of sp³-hybridized carbons (Fsp3) is 0.692. The fourth-order valence-corrected chi connectivity index (χ4v) is 2.41. The highest BCUT2D eigenvalue weighted by Crippen LogP contribution is 2.14. The summed E-state index contributed by atoms with van der Waals surface area (Å²) in [6.45, 7) is 5.14. The first-order valence-corrected chi connectivity index (χ1v) is 6.52. The van der Waals surface area contributed by atoms with Gasteiger partial charge in [0, 0.05) is 25.4 Å².